The molecule has 5 unspecified atom stereocenters. The lowest BCUT2D eigenvalue weighted by molar-refractivity contribution is -0.151. The van der Waals surface area contributed by atoms with Gasteiger partial charge < -0.3 is 29.8 Å². The van der Waals surface area contributed by atoms with Gasteiger partial charge in [0.15, 0.2) is 0 Å². The molecule has 5 atom stereocenters. The van der Waals surface area contributed by atoms with E-state index in [1.165, 1.54) is 0 Å². The van der Waals surface area contributed by atoms with Gasteiger partial charge in [-0.3, -0.25) is 14.5 Å². The van der Waals surface area contributed by atoms with Crippen LogP contribution in [-0.2, 0) is 23.9 Å². The van der Waals surface area contributed by atoms with Crippen LogP contribution in [-0.4, -0.2) is 90.5 Å². The number of nitrogens with zero attached hydrogens (tertiary/aromatic N) is 1. The number of ether oxygens (including phenoxy) is 2. The third-order valence-electron chi connectivity index (χ3n) is 7.34. The molecule has 0 amide bonds. The van der Waals surface area contributed by atoms with Gasteiger partial charge in [-0.15, -0.1) is 0 Å². The molecule has 0 bridgehead atoms. The zero-order chi connectivity index (χ0) is 30.2. The zero-order valence-corrected chi connectivity index (χ0v) is 26.1. The molecule has 9 heteroatoms. The van der Waals surface area contributed by atoms with Crippen LogP contribution >= 0.6 is 0 Å². The van der Waals surface area contributed by atoms with E-state index in [4.69, 9.17) is 9.47 Å². The number of aldehydes is 1. The summed E-state index contributed by atoms with van der Waals surface area (Å²) in [5.41, 5.74) is 0. The molecule has 0 aromatic carbocycles. The number of likely N-dealkylation sites (N-methyl/N-ethyl adjacent to an activating group) is 1. The number of nitrogens with one attached hydrogen (secondary N) is 1. The summed E-state index contributed by atoms with van der Waals surface area (Å²) in [5, 5.41) is 24.3. The Morgan fingerprint density at radius 1 is 0.750 bits per heavy atom. The lowest BCUT2D eigenvalue weighted by atomic mass is 10.1. The van der Waals surface area contributed by atoms with Crippen LogP contribution in [0.4, 0.5) is 0 Å². The van der Waals surface area contributed by atoms with Gasteiger partial charge in [0.25, 0.3) is 0 Å². The van der Waals surface area contributed by atoms with Gasteiger partial charge in [0.2, 0.25) is 0 Å². The molecule has 0 aliphatic carbocycles. The maximum atomic E-state index is 12.3. The smallest absolute Gasteiger partial charge is 0.306 e. The van der Waals surface area contributed by atoms with Gasteiger partial charge in [0.1, 0.15) is 18.5 Å². The van der Waals surface area contributed by atoms with Crippen LogP contribution in [0.1, 0.15) is 124 Å². The van der Waals surface area contributed by atoms with Crippen LogP contribution in [0.5, 0.6) is 0 Å². The molecule has 0 saturated heterocycles. The number of unbranched alkanes of at least 4 members (excludes halogenated alkanes) is 3. The molecule has 9 nitrogen and oxygen atoms in total. The van der Waals surface area contributed by atoms with Crippen LogP contribution in [0.15, 0.2) is 0 Å². The molecule has 236 valence electrons. The molecule has 3 N–H and O–H groups in total. The number of aliphatic hydroxyl groups excluding tert-OH is 2. The lowest BCUT2D eigenvalue weighted by Gasteiger charge is -2.27. The summed E-state index contributed by atoms with van der Waals surface area (Å²) in [7, 11) is 1.76. The molecular weight excluding hydrogens is 512 g/mol. The van der Waals surface area contributed by atoms with E-state index in [0.29, 0.717) is 26.1 Å². The Labute approximate surface area is 243 Å². The highest BCUT2D eigenvalue weighted by atomic mass is 16.5. The first-order valence-corrected chi connectivity index (χ1v) is 15.8. The van der Waals surface area contributed by atoms with Crippen molar-refractivity contribution in [1.29, 1.82) is 0 Å². The number of carbonyl (C=O) groups is 3. The number of hydrogen-bond acceptors (Lipinski definition) is 9. The number of hydrogen-bond donors (Lipinski definition) is 3. The standard InChI is InChI=1S/C31H60N2O7/c1-6-10-15-28(8-3)39-30(37)19-17-26(35)22-33(21-13-12-14-25(24-34)32-5)23-27(36)18-20-31(38)40-29(9-4)16-11-7-2/h24-29,32,35-36H,6-23H2,1-5H3. The minimum atomic E-state index is -0.746. The van der Waals surface area contributed by atoms with Crippen LogP contribution in [0.3, 0.4) is 0 Å². The summed E-state index contributed by atoms with van der Waals surface area (Å²) in [6, 6.07) is -0.185. The minimum absolute atomic E-state index is 0.0741. The lowest BCUT2D eigenvalue weighted by Crippen LogP contribution is -2.39. The average Bonchev–Trinajstić information content (AvgIpc) is 2.95. The third-order valence-corrected chi connectivity index (χ3v) is 7.34. The van der Waals surface area contributed by atoms with E-state index in [1.807, 2.05) is 18.7 Å². The summed E-state index contributed by atoms with van der Waals surface area (Å²) in [4.78, 5) is 37.7. The largest absolute Gasteiger partial charge is 0.462 e. The molecular formula is C31H60N2O7. The fourth-order valence-corrected chi connectivity index (χ4v) is 4.63. The van der Waals surface area contributed by atoms with Crippen molar-refractivity contribution in [2.24, 2.45) is 0 Å². The van der Waals surface area contributed by atoms with E-state index in [0.717, 1.165) is 70.5 Å². The molecule has 0 aliphatic rings. The van der Waals surface area contributed by atoms with Gasteiger partial charge in [-0.25, -0.2) is 0 Å². The molecule has 0 heterocycles. The van der Waals surface area contributed by atoms with Gasteiger partial charge in [-0.05, 0) is 65.0 Å². The molecule has 0 spiro atoms. The Kier molecular flexibility index (Phi) is 24.2. The van der Waals surface area contributed by atoms with Crippen LogP contribution in [0.25, 0.3) is 0 Å². The van der Waals surface area contributed by atoms with Gasteiger partial charge in [-0.1, -0.05) is 59.8 Å². The number of esters is 2. The first kappa shape index (κ1) is 38.5. The normalized spacial score (nSPS) is 15.3. The van der Waals surface area contributed by atoms with E-state index >= 15 is 0 Å². The van der Waals surface area contributed by atoms with Gasteiger partial charge >= 0.3 is 11.9 Å². The van der Waals surface area contributed by atoms with Crippen LogP contribution in [0.2, 0.25) is 0 Å². The van der Waals surface area contributed by atoms with Crippen molar-refractivity contribution in [1.82, 2.24) is 10.2 Å². The summed E-state index contributed by atoms with van der Waals surface area (Å²) >= 11 is 0. The molecule has 0 aromatic heterocycles. The zero-order valence-electron chi connectivity index (χ0n) is 26.1. The maximum Gasteiger partial charge on any atom is 0.306 e. The second-order valence-corrected chi connectivity index (χ2v) is 11.0. The van der Waals surface area contributed by atoms with Crippen LogP contribution < -0.4 is 5.32 Å². The Bertz CT molecular complexity index is 607. The van der Waals surface area contributed by atoms with Crippen molar-refractivity contribution in [3.8, 4) is 0 Å². The van der Waals surface area contributed by atoms with E-state index in [9.17, 15) is 24.6 Å². The molecule has 0 aromatic rings. The molecule has 0 aliphatic heterocycles. The first-order chi connectivity index (χ1) is 19.2. The number of aliphatic hydroxyl groups is 2. The highest BCUT2D eigenvalue weighted by molar-refractivity contribution is 5.69. The van der Waals surface area contributed by atoms with Crippen molar-refractivity contribution in [3.63, 3.8) is 0 Å². The Balaban J connectivity index is 4.83. The van der Waals surface area contributed by atoms with Crippen LogP contribution in [0, 0.1) is 0 Å². The van der Waals surface area contributed by atoms with E-state index in [2.05, 4.69) is 19.2 Å². The molecule has 0 saturated carbocycles. The molecule has 0 radical (unpaired) electrons. The quantitative estimate of drug-likeness (QED) is 0.0738. The van der Waals surface area contributed by atoms with Crippen molar-refractivity contribution in [2.75, 3.05) is 26.7 Å². The fraction of sp³-hybridized carbons (Fsp3) is 0.903. The van der Waals surface area contributed by atoms with E-state index in [1.54, 1.807) is 7.05 Å². The topological polar surface area (TPSA) is 125 Å². The highest BCUT2D eigenvalue weighted by Gasteiger charge is 2.20. The Hall–Kier alpha value is -1.55. The second kappa shape index (κ2) is 25.2. The predicted molar refractivity (Wildman–Crippen MR) is 159 cm³/mol. The minimum Gasteiger partial charge on any atom is -0.462 e. The van der Waals surface area contributed by atoms with Crippen molar-refractivity contribution in [3.05, 3.63) is 0 Å². The van der Waals surface area contributed by atoms with Crippen molar-refractivity contribution >= 4 is 18.2 Å². The van der Waals surface area contributed by atoms with Gasteiger partial charge in [-0.2, -0.15) is 0 Å². The summed E-state index contributed by atoms with van der Waals surface area (Å²) in [6.45, 7) is 9.47. The van der Waals surface area contributed by atoms with Gasteiger partial charge in [0, 0.05) is 25.9 Å². The number of rotatable bonds is 27. The summed E-state index contributed by atoms with van der Waals surface area (Å²) in [5.74, 6) is -0.577. The van der Waals surface area contributed by atoms with Crippen molar-refractivity contribution in [2.45, 2.75) is 154 Å². The highest BCUT2D eigenvalue weighted by Crippen LogP contribution is 2.14. The van der Waals surface area contributed by atoms with E-state index in [-0.39, 0.29) is 55.9 Å². The van der Waals surface area contributed by atoms with Gasteiger partial charge in [0.05, 0.1) is 18.2 Å². The Morgan fingerprint density at radius 3 is 1.60 bits per heavy atom. The SMILES string of the molecule is CCCCC(CC)OC(=O)CCC(O)CN(CCCCC(C=O)NC)CC(O)CCC(=O)OC(CC)CCCC. The van der Waals surface area contributed by atoms with E-state index < -0.39 is 12.2 Å². The number of carbonyl (C=O) groups excluding carboxylic acids is 3. The Morgan fingerprint density at radius 2 is 1.23 bits per heavy atom. The summed E-state index contributed by atoms with van der Waals surface area (Å²) < 4.78 is 11.1. The summed E-state index contributed by atoms with van der Waals surface area (Å²) in [6.07, 6.45) is 9.86. The third kappa shape index (κ3) is 20.3. The van der Waals surface area contributed by atoms with Crippen molar-refractivity contribution < 1.29 is 34.1 Å². The average molecular weight is 573 g/mol. The molecule has 40 heavy (non-hydrogen) atoms. The monoisotopic (exact) mass is 572 g/mol. The predicted octanol–water partition coefficient (Wildman–Crippen LogP) is 4.55. The molecule has 0 rings (SSSR count). The maximum absolute atomic E-state index is 12.3. The second-order valence-electron chi connectivity index (χ2n) is 11.0. The fourth-order valence-electron chi connectivity index (χ4n) is 4.63. The first-order valence-electron chi connectivity index (χ1n) is 15.8. The molecule has 0 fully saturated rings.